The Morgan fingerprint density at radius 1 is 1.50 bits per heavy atom. The molecule has 1 N–H and O–H groups in total. The highest BCUT2D eigenvalue weighted by Crippen LogP contribution is 2.27. The topological polar surface area (TPSA) is 51.2 Å². The minimum atomic E-state index is -0.178. The third-order valence-electron chi connectivity index (χ3n) is 2.53. The van der Waals surface area contributed by atoms with Crippen LogP contribution in [-0.2, 0) is 9.53 Å². The summed E-state index contributed by atoms with van der Waals surface area (Å²) >= 11 is 1.60. The molecule has 18 heavy (non-hydrogen) atoms. The van der Waals surface area contributed by atoms with Crippen molar-refractivity contribution < 1.29 is 9.53 Å². The SMILES string of the molecule is CCOC(=O)CCNc1nc2c(C)cccc2s1. The lowest BCUT2D eigenvalue weighted by molar-refractivity contribution is -0.142. The number of anilines is 1. The van der Waals surface area contributed by atoms with Gasteiger partial charge in [-0.25, -0.2) is 4.98 Å². The molecule has 0 bridgehead atoms. The maximum absolute atomic E-state index is 11.2. The average Bonchev–Trinajstić information content (AvgIpc) is 2.74. The fourth-order valence-electron chi connectivity index (χ4n) is 1.67. The standard InChI is InChI=1S/C13H16N2O2S/c1-3-17-11(16)7-8-14-13-15-12-9(2)5-4-6-10(12)18-13/h4-6H,3,7-8H2,1-2H3,(H,14,15). The fourth-order valence-corrected chi connectivity index (χ4v) is 2.64. The first kappa shape index (κ1) is 12.8. The van der Waals surface area contributed by atoms with Crippen molar-refractivity contribution in [2.24, 2.45) is 0 Å². The average molecular weight is 264 g/mol. The number of rotatable bonds is 5. The molecule has 96 valence electrons. The van der Waals surface area contributed by atoms with E-state index in [-0.39, 0.29) is 5.97 Å². The number of benzene rings is 1. The number of para-hydroxylation sites is 1. The van der Waals surface area contributed by atoms with E-state index in [2.05, 4.69) is 16.4 Å². The summed E-state index contributed by atoms with van der Waals surface area (Å²) in [5.41, 5.74) is 2.20. The number of ether oxygens (including phenoxy) is 1. The number of aryl methyl sites for hydroxylation is 1. The molecule has 2 rings (SSSR count). The molecule has 0 saturated heterocycles. The van der Waals surface area contributed by atoms with Gasteiger partial charge in [0.25, 0.3) is 0 Å². The van der Waals surface area contributed by atoms with Crippen molar-refractivity contribution in [3.63, 3.8) is 0 Å². The van der Waals surface area contributed by atoms with Gasteiger partial charge >= 0.3 is 5.97 Å². The molecule has 2 aromatic rings. The van der Waals surface area contributed by atoms with Crippen LogP contribution in [-0.4, -0.2) is 24.1 Å². The van der Waals surface area contributed by atoms with Crippen LogP contribution >= 0.6 is 11.3 Å². The van der Waals surface area contributed by atoms with Crippen molar-refractivity contribution in [1.29, 1.82) is 0 Å². The van der Waals surface area contributed by atoms with Gasteiger partial charge in [-0.3, -0.25) is 4.79 Å². The Hall–Kier alpha value is -1.62. The van der Waals surface area contributed by atoms with Gasteiger partial charge in [0.2, 0.25) is 0 Å². The molecular weight excluding hydrogens is 248 g/mol. The van der Waals surface area contributed by atoms with Gasteiger partial charge in [0.15, 0.2) is 5.13 Å². The third-order valence-corrected chi connectivity index (χ3v) is 3.51. The number of carbonyl (C=O) groups excluding carboxylic acids is 1. The molecule has 0 aliphatic rings. The lowest BCUT2D eigenvalue weighted by atomic mass is 10.2. The quantitative estimate of drug-likeness (QED) is 0.843. The number of hydrogen-bond donors (Lipinski definition) is 1. The largest absolute Gasteiger partial charge is 0.466 e. The molecule has 4 nitrogen and oxygen atoms in total. The lowest BCUT2D eigenvalue weighted by Crippen LogP contribution is -2.11. The number of hydrogen-bond acceptors (Lipinski definition) is 5. The molecule has 0 unspecified atom stereocenters. The van der Waals surface area contributed by atoms with E-state index < -0.39 is 0 Å². The molecule has 0 aliphatic heterocycles. The minimum Gasteiger partial charge on any atom is -0.466 e. The van der Waals surface area contributed by atoms with Crippen LogP contribution < -0.4 is 5.32 Å². The number of carbonyl (C=O) groups is 1. The van der Waals surface area contributed by atoms with Crippen LogP contribution in [0.2, 0.25) is 0 Å². The number of fused-ring (bicyclic) bond motifs is 1. The Morgan fingerprint density at radius 2 is 2.33 bits per heavy atom. The molecule has 0 saturated carbocycles. The van der Waals surface area contributed by atoms with Gasteiger partial charge in [-0.1, -0.05) is 23.5 Å². The number of aromatic nitrogens is 1. The second-order valence-electron chi connectivity index (χ2n) is 3.92. The lowest BCUT2D eigenvalue weighted by Gasteiger charge is -2.02. The van der Waals surface area contributed by atoms with Crippen LogP contribution in [0.15, 0.2) is 18.2 Å². The first-order valence-electron chi connectivity index (χ1n) is 5.96. The van der Waals surface area contributed by atoms with E-state index >= 15 is 0 Å². The van der Waals surface area contributed by atoms with Crippen LogP contribution in [0.3, 0.4) is 0 Å². The van der Waals surface area contributed by atoms with Crippen LogP contribution in [0.25, 0.3) is 10.2 Å². The van der Waals surface area contributed by atoms with Crippen LogP contribution in [0, 0.1) is 6.92 Å². The van der Waals surface area contributed by atoms with Crippen molar-refractivity contribution in [3.8, 4) is 0 Å². The van der Waals surface area contributed by atoms with E-state index in [1.54, 1.807) is 11.3 Å². The summed E-state index contributed by atoms with van der Waals surface area (Å²) in [6, 6.07) is 6.12. The zero-order valence-corrected chi connectivity index (χ0v) is 11.3. The highest BCUT2D eigenvalue weighted by Gasteiger charge is 2.06. The molecule has 0 amide bonds. The zero-order chi connectivity index (χ0) is 13.0. The second-order valence-corrected chi connectivity index (χ2v) is 4.95. The zero-order valence-electron chi connectivity index (χ0n) is 10.5. The summed E-state index contributed by atoms with van der Waals surface area (Å²) in [7, 11) is 0. The van der Waals surface area contributed by atoms with Crippen molar-refractivity contribution in [1.82, 2.24) is 4.98 Å². The molecule has 0 aliphatic carbocycles. The van der Waals surface area contributed by atoms with Gasteiger partial charge in [0, 0.05) is 6.54 Å². The molecule has 1 heterocycles. The predicted molar refractivity (Wildman–Crippen MR) is 74.1 cm³/mol. The first-order valence-corrected chi connectivity index (χ1v) is 6.78. The molecule has 1 aromatic heterocycles. The Bertz CT molecular complexity index is 551. The summed E-state index contributed by atoms with van der Waals surface area (Å²) in [5.74, 6) is -0.178. The summed E-state index contributed by atoms with van der Waals surface area (Å²) in [4.78, 5) is 15.7. The number of esters is 1. The van der Waals surface area contributed by atoms with Crippen molar-refractivity contribution in [3.05, 3.63) is 23.8 Å². The maximum Gasteiger partial charge on any atom is 0.307 e. The van der Waals surface area contributed by atoms with Gasteiger partial charge in [0.1, 0.15) is 0 Å². The summed E-state index contributed by atoms with van der Waals surface area (Å²) in [5, 5.41) is 4.01. The van der Waals surface area contributed by atoms with E-state index in [4.69, 9.17) is 4.74 Å². The van der Waals surface area contributed by atoms with Crippen LogP contribution in [0.4, 0.5) is 5.13 Å². The van der Waals surface area contributed by atoms with Gasteiger partial charge in [0.05, 0.1) is 23.2 Å². The Labute approximate surface area is 110 Å². The number of thiazole rings is 1. The van der Waals surface area contributed by atoms with Crippen molar-refractivity contribution in [2.45, 2.75) is 20.3 Å². The van der Waals surface area contributed by atoms with Gasteiger partial charge in [-0.2, -0.15) is 0 Å². The van der Waals surface area contributed by atoms with E-state index in [1.165, 1.54) is 5.56 Å². The highest BCUT2D eigenvalue weighted by atomic mass is 32.1. The van der Waals surface area contributed by atoms with Crippen molar-refractivity contribution >= 4 is 32.7 Å². The van der Waals surface area contributed by atoms with E-state index in [1.807, 2.05) is 26.0 Å². The van der Waals surface area contributed by atoms with E-state index in [0.717, 1.165) is 15.3 Å². The summed E-state index contributed by atoms with van der Waals surface area (Å²) < 4.78 is 6.02. The number of nitrogens with one attached hydrogen (secondary N) is 1. The minimum absolute atomic E-state index is 0.178. The molecule has 0 radical (unpaired) electrons. The molecule has 1 aromatic carbocycles. The summed E-state index contributed by atoms with van der Waals surface area (Å²) in [6.45, 7) is 4.84. The van der Waals surface area contributed by atoms with Crippen molar-refractivity contribution in [2.75, 3.05) is 18.5 Å². The molecule has 0 atom stereocenters. The molecule has 0 fully saturated rings. The monoisotopic (exact) mass is 264 g/mol. The fraction of sp³-hybridized carbons (Fsp3) is 0.385. The van der Waals surface area contributed by atoms with E-state index in [0.29, 0.717) is 19.6 Å². The Kier molecular flexibility index (Phi) is 4.15. The Balaban J connectivity index is 1.96. The third kappa shape index (κ3) is 2.98. The first-order chi connectivity index (χ1) is 8.70. The molecular formula is C13H16N2O2S. The van der Waals surface area contributed by atoms with Crippen LogP contribution in [0.5, 0.6) is 0 Å². The van der Waals surface area contributed by atoms with Crippen LogP contribution in [0.1, 0.15) is 18.9 Å². The maximum atomic E-state index is 11.2. The highest BCUT2D eigenvalue weighted by molar-refractivity contribution is 7.22. The normalized spacial score (nSPS) is 10.6. The molecule has 5 heteroatoms. The van der Waals surface area contributed by atoms with Gasteiger partial charge in [-0.15, -0.1) is 0 Å². The smallest absolute Gasteiger partial charge is 0.307 e. The summed E-state index contributed by atoms with van der Waals surface area (Å²) in [6.07, 6.45) is 0.364. The van der Waals surface area contributed by atoms with E-state index in [9.17, 15) is 4.79 Å². The molecule has 0 spiro atoms. The second kappa shape index (κ2) is 5.82. The van der Waals surface area contributed by atoms with Gasteiger partial charge < -0.3 is 10.1 Å². The predicted octanol–water partition coefficient (Wildman–Crippen LogP) is 2.97. The Morgan fingerprint density at radius 3 is 3.06 bits per heavy atom. The van der Waals surface area contributed by atoms with Gasteiger partial charge in [-0.05, 0) is 25.5 Å². The number of nitrogens with zero attached hydrogens (tertiary/aromatic N) is 1.